The van der Waals surface area contributed by atoms with Crippen LogP contribution >= 0.6 is 0 Å². The average Bonchev–Trinajstić information content (AvgIpc) is 2.52. The molecule has 2 rings (SSSR count). The second-order valence-electron chi connectivity index (χ2n) is 5.22. The maximum atomic E-state index is 12.4. The van der Waals surface area contributed by atoms with Crippen molar-refractivity contribution in [2.75, 3.05) is 4.72 Å². The van der Waals surface area contributed by atoms with Crippen LogP contribution in [0.5, 0.6) is 0 Å². The number of primary sulfonamides is 1. The van der Waals surface area contributed by atoms with Gasteiger partial charge in [-0.3, -0.25) is 9.52 Å². The van der Waals surface area contributed by atoms with E-state index in [9.17, 15) is 21.6 Å². The molecule has 0 aliphatic carbocycles. The number of carboxylic acid groups (broad SMARTS) is 1. The van der Waals surface area contributed by atoms with E-state index in [0.29, 0.717) is 12.0 Å². The van der Waals surface area contributed by atoms with Gasteiger partial charge in [0.1, 0.15) is 0 Å². The number of hydrogen-bond donors (Lipinski definition) is 3. The first-order valence-electron chi connectivity index (χ1n) is 7.04. The fourth-order valence-corrected chi connectivity index (χ4v) is 3.65. The molecule has 25 heavy (non-hydrogen) atoms. The van der Waals surface area contributed by atoms with E-state index >= 15 is 0 Å². The second kappa shape index (κ2) is 7.21. The van der Waals surface area contributed by atoms with E-state index in [1.165, 1.54) is 42.5 Å². The van der Waals surface area contributed by atoms with Crippen molar-refractivity contribution >= 4 is 31.7 Å². The van der Waals surface area contributed by atoms with Crippen LogP contribution in [0.1, 0.15) is 12.0 Å². The lowest BCUT2D eigenvalue weighted by Crippen LogP contribution is -2.15. The Morgan fingerprint density at radius 1 is 1.00 bits per heavy atom. The predicted molar refractivity (Wildman–Crippen MR) is 91.0 cm³/mol. The highest BCUT2D eigenvalue weighted by Gasteiger charge is 2.16. The van der Waals surface area contributed by atoms with Gasteiger partial charge >= 0.3 is 5.97 Å². The quantitative estimate of drug-likeness (QED) is 0.653. The van der Waals surface area contributed by atoms with Gasteiger partial charge in [0, 0.05) is 6.42 Å². The molecule has 0 heterocycles. The van der Waals surface area contributed by atoms with E-state index in [-0.39, 0.29) is 21.9 Å². The van der Waals surface area contributed by atoms with E-state index < -0.39 is 26.0 Å². The van der Waals surface area contributed by atoms with Crippen LogP contribution in [0, 0.1) is 0 Å². The van der Waals surface area contributed by atoms with Gasteiger partial charge in [0.25, 0.3) is 10.0 Å². The second-order valence-corrected chi connectivity index (χ2v) is 8.46. The number of aliphatic carboxylic acids is 1. The van der Waals surface area contributed by atoms with Crippen molar-refractivity contribution in [2.45, 2.75) is 22.6 Å². The van der Waals surface area contributed by atoms with Gasteiger partial charge in [-0.05, 0) is 42.3 Å². The summed E-state index contributed by atoms with van der Waals surface area (Å²) in [5.41, 5.74) is 0.749. The highest BCUT2D eigenvalue weighted by atomic mass is 32.2. The van der Waals surface area contributed by atoms with Crippen LogP contribution in [-0.2, 0) is 31.3 Å². The van der Waals surface area contributed by atoms with Crippen LogP contribution in [0.2, 0.25) is 0 Å². The molecule has 0 aliphatic heterocycles. The number of nitrogens with two attached hydrogens (primary N) is 1. The molecule has 0 fully saturated rings. The van der Waals surface area contributed by atoms with Crippen molar-refractivity contribution in [1.29, 1.82) is 0 Å². The number of carboxylic acids is 1. The summed E-state index contributed by atoms with van der Waals surface area (Å²) in [5.74, 6) is -0.937. The van der Waals surface area contributed by atoms with E-state index in [0.717, 1.165) is 6.07 Å². The molecule has 0 unspecified atom stereocenters. The Hall–Kier alpha value is -2.43. The number of aryl methyl sites for hydroxylation is 1. The summed E-state index contributed by atoms with van der Waals surface area (Å²) in [6.07, 6.45) is 0.240. The lowest BCUT2D eigenvalue weighted by molar-refractivity contribution is -0.136. The van der Waals surface area contributed by atoms with Crippen molar-refractivity contribution in [2.24, 2.45) is 5.14 Å². The van der Waals surface area contributed by atoms with E-state index in [1.807, 2.05) is 0 Å². The summed E-state index contributed by atoms with van der Waals surface area (Å²) in [7, 11) is -7.87. The van der Waals surface area contributed by atoms with Crippen LogP contribution in [0.4, 0.5) is 5.69 Å². The zero-order valence-corrected chi connectivity index (χ0v) is 14.5. The molecule has 2 aromatic carbocycles. The van der Waals surface area contributed by atoms with Crippen LogP contribution < -0.4 is 9.86 Å². The molecule has 0 saturated carbocycles. The Balaban J connectivity index is 2.20. The normalized spacial score (nSPS) is 11.9. The van der Waals surface area contributed by atoms with Gasteiger partial charge in [-0.15, -0.1) is 0 Å². The molecule has 8 nitrogen and oxygen atoms in total. The Kier molecular flexibility index (Phi) is 5.45. The lowest BCUT2D eigenvalue weighted by Gasteiger charge is -2.09. The third-order valence-electron chi connectivity index (χ3n) is 3.28. The fourth-order valence-electron chi connectivity index (χ4n) is 2.04. The highest BCUT2D eigenvalue weighted by molar-refractivity contribution is 7.92. The van der Waals surface area contributed by atoms with Gasteiger partial charge in [0.05, 0.1) is 15.5 Å². The summed E-state index contributed by atoms with van der Waals surface area (Å²) in [6.45, 7) is 0. The first-order valence-corrected chi connectivity index (χ1v) is 10.1. The predicted octanol–water partition coefficient (Wildman–Crippen LogP) is 1.15. The first kappa shape index (κ1) is 18.9. The fraction of sp³-hybridized carbons (Fsp3) is 0.133. The molecule has 0 spiro atoms. The molecule has 0 radical (unpaired) electrons. The molecular formula is C15H16N2O6S2. The van der Waals surface area contributed by atoms with E-state index in [1.54, 1.807) is 0 Å². The monoisotopic (exact) mass is 384 g/mol. The van der Waals surface area contributed by atoms with Crippen molar-refractivity contribution in [3.8, 4) is 0 Å². The Morgan fingerprint density at radius 3 is 2.20 bits per heavy atom. The third-order valence-corrected chi connectivity index (χ3v) is 5.58. The number of anilines is 1. The molecular weight excluding hydrogens is 368 g/mol. The number of nitrogens with one attached hydrogen (secondary N) is 1. The zero-order valence-electron chi connectivity index (χ0n) is 12.9. The van der Waals surface area contributed by atoms with Crippen molar-refractivity contribution in [3.05, 3.63) is 54.1 Å². The largest absolute Gasteiger partial charge is 0.481 e. The van der Waals surface area contributed by atoms with Gasteiger partial charge < -0.3 is 5.11 Å². The van der Waals surface area contributed by atoms with Crippen LogP contribution in [-0.4, -0.2) is 27.9 Å². The van der Waals surface area contributed by atoms with Gasteiger partial charge in [0.15, 0.2) is 0 Å². The molecule has 10 heteroatoms. The molecule has 0 aromatic heterocycles. The van der Waals surface area contributed by atoms with Crippen molar-refractivity contribution in [1.82, 2.24) is 0 Å². The van der Waals surface area contributed by atoms with Gasteiger partial charge in [0.2, 0.25) is 10.0 Å². The highest BCUT2D eigenvalue weighted by Crippen LogP contribution is 2.19. The Labute approximate surface area is 145 Å². The number of benzene rings is 2. The number of sulfonamides is 2. The van der Waals surface area contributed by atoms with Crippen LogP contribution in [0.3, 0.4) is 0 Å². The summed E-state index contributed by atoms with van der Waals surface area (Å²) in [4.78, 5) is 10.3. The number of hydrogen-bond acceptors (Lipinski definition) is 5. The minimum Gasteiger partial charge on any atom is -0.481 e. The molecule has 0 aliphatic rings. The standard InChI is InChI=1S/C15H16N2O6S2/c16-24(20,21)14-3-1-2-12(10-14)17-25(22,23)13-7-4-11(5-8-13)6-9-15(18)19/h1-5,7-8,10,17H,6,9H2,(H,18,19)(H2,16,20,21). The lowest BCUT2D eigenvalue weighted by atomic mass is 10.1. The molecule has 4 N–H and O–H groups in total. The molecule has 2 aromatic rings. The third kappa shape index (κ3) is 5.28. The van der Waals surface area contributed by atoms with Crippen LogP contribution in [0.15, 0.2) is 58.3 Å². The molecule has 0 saturated heterocycles. The Bertz CT molecular complexity index is 983. The smallest absolute Gasteiger partial charge is 0.303 e. The van der Waals surface area contributed by atoms with Gasteiger partial charge in [-0.2, -0.15) is 0 Å². The van der Waals surface area contributed by atoms with Crippen molar-refractivity contribution < 1.29 is 26.7 Å². The maximum Gasteiger partial charge on any atom is 0.303 e. The Morgan fingerprint density at radius 2 is 1.64 bits per heavy atom. The topological polar surface area (TPSA) is 144 Å². The summed E-state index contributed by atoms with van der Waals surface area (Å²) in [5, 5.41) is 13.7. The van der Waals surface area contributed by atoms with E-state index in [4.69, 9.17) is 10.2 Å². The number of carbonyl (C=O) groups is 1. The SMILES string of the molecule is NS(=O)(=O)c1cccc(NS(=O)(=O)c2ccc(CCC(=O)O)cc2)c1. The maximum absolute atomic E-state index is 12.4. The van der Waals surface area contributed by atoms with Gasteiger partial charge in [-0.1, -0.05) is 18.2 Å². The summed E-state index contributed by atoms with van der Waals surface area (Å²) >= 11 is 0. The molecule has 0 amide bonds. The van der Waals surface area contributed by atoms with E-state index in [2.05, 4.69) is 4.72 Å². The first-order chi connectivity index (χ1) is 11.6. The minimum atomic E-state index is -3.95. The van der Waals surface area contributed by atoms with Crippen molar-refractivity contribution in [3.63, 3.8) is 0 Å². The minimum absolute atomic E-state index is 0.0346. The zero-order chi connectivity index (χ0) is 18.7. The summed E-state index contributed by atoms with van der Waals surface area (Å²) in [6, 6.07) is 10.9. The average molecular weight is 384 g/mol. The van der Waals surface area contributed by atoms with Crippen LogP contribution in [0.25, 0.3) is 0 Å². The summed E-state index contributed by atoms with van der Waals surface area (Å²) < 4.78 is 49.6. The number of rotatable bonds is 7. The molecule has 0 atom stereocenters. The molecule has 134 valence electrons. The molecule has 0 bridgehead atoms. The van der Waals surface area contributed by atoms with Gasteiger partial charge in [-0.25, -0.2) is 22.0 Å².